The minimum atomic E-state index is -0.794. The van der Waals surface area contributed by atoms with Gasteiger partial charge in [-0.25, -0.2) is 9.79 Å². The molecular formula is C35H36N2O9S. The largest absolute Gasteiger partial charge is 0.497 e. The van der Waals surface area contributed by atoms with Crippen LogP contribution in [0.3, 0.4) is 0 Å². The molecular weight excluding hydrogens is 624 g/mol. The normalized spacial score (nSPS) is 14.2. The Kier molecular flexibility index (Phi) is 10.5. The van der Waals surface area contributed by atoms with Gasteiger partial charge in [0.1, 0.15) is 24.7 Å². The second kappa shape index (κ2) is 14.9. The topological polar surface area (TPSA) is 116 Å². The number of thiazole rings is 1. The molecule has 0 fully saturated rings. The molecule has 0 spiro atoms. The first-order valence-electron chi connectivity index (χ1n) is 14.8. The third kappa shape index (κ3) is 7.12. The van der Waals surface area contributed by atoms with Crippen molar-refractivity contribution in [2.45, 2.75) is 19.9 Å². The summed E-state index contributed by atoms with van der Waals surface area (Å²) < 4.78 is 40.7. The monoisotopic (exact) mass is 660 g/mol. The van der Waals surface area contributed by atoms with E-state index in [-0.39, 0.29) is 17.7 Å². The van der Waals surface area contributed by atoms with Crippen molar-refractivity contribution in [1.82, 2.24) is 4.57 Å². The number of methoxy groups -OCH3 is 4. The lowest BCUT2D eigenvalue weighted by atomic mass is 9.95. The van der Waals surface area contributed by atoms with Gasteiger partial charge in [-0.05, 0) is 79.6 Å². The third-order valence-electron chi connectivity index (χ3n) is 7.39. The first kappa shape index (κ1) is 33.1. The van der Waals surface area contributed by atoms with Crippen LogP contribution in [-0.4, -0.2) is 58.8 Å². The zero-order valence-corrected chi connectivity index (χ0v) is 27.8. The zero-order valence-electron chi connectivity index (χ0n) is 27.0. The van der Waals surface area contributed by atoms with Gasteiger partial charge in [-0.1, -0.05) is 23.5 Å². The highest BCUT2D eigenvalue weighted by molar-refractivity contribution is 7.07. The molecule has 12 heteroatoms. The van der Waals surface area contributed by atoms with Gasteiger partial charge in [0.25, 0.3) is 5.56 Å². The second-order valence-corrected chi connectivity index (χ2v) is 11.2. The van der Waals surface area contributed by atoms with Crippen LogP contribution in [0.1, 0.15) is 31.0 Å². The standard InChI is InChI=1S/C35H36N2O9S/c1-7-44-34(39)31-21(2)36-35-37(32(31)23-9-15-26(41-4)29(20-23)43-6)33(38)30(47-35)19-22-8-14-27(28(18-22)42-5)46-17-16-45-25-12-10-24(40-3)11-13-25/h8-15,18-20,32H,7,16-17H2,1-6H3/b30-19+/t32-/m1/s1. The predicted octanol–water partition coefficient (Wildman–Crippen LogP) is 4.29. The molecule has 47 heavy (non-hydrogen) atoms. The summed E-state index contributed by atoms with van der Waals surface area (Å²) in [5.41, 5.74) is 1.80. The first-order valence-corrected chi connectivity index (χ1v) is 15.6. The van der Waals surface area contributed by atoms with E-state index < -0.39 is 12.0 Å². The molecule has 246 valence electrons. The molecule has 0 saturated heterocycles. The van der Waals surface area contributed by atoms with E-state index in [0.29, 0.717) is 62.6 Å². The van der Waals surface area contributed by atoms with Gasteiger partial charge < -0.3 is 33.2 Å². The van der Waals surface area contributed by atoms with Crippen LogP contribution in [0, 0.1) is 0 Å². The highest BCUT2D eigenvalue weighted by Crippen LogP contribution is 2.36. The van der Waals surface area contributed by atoms with Gasteiger partial charge in [-0.2, -0.15) is 0 Å². The zero-order chi connectivity index (χ0) is 33.5. The highest BCUT2D eigenvalue weighted by Gasteiger charge is 2.34. The van der Waals surface area contributed by atoms with Gasteiger partial charge in [0.15, 0.2) is 27.8 Å². The summed E-state index contributed by atoms with van der Waals surface area (Å²) in [4.78, 5) is 32.4. The van der Waals surface area contributed by atoms with Gasteiger partial charge in [-0.3, -0.25) is 9.36 Å². The number of carbonyl (C=O) groups is 1. The smallest absolute Gasteiger partial charge is 0.338 e. The van der Waals surface area contributed by atoms with Crippen molar-refractivity contribution in [3.63, 3.8) is 0 Å². The van der Waals surface area contributed by atoms with Crippen LogP contribution >= 0.6 is 11.3 Å². The lowest BCUT2D eigenvalue weighted by Crippen LogP contribution is -2.39. The molecule has 1 aliphatic heterocycles. The van der Waals surface area contributed by atoms with Gasteiger partial charge in [-0.15, -0.1) is 0 Å². The number of rotatable bonds is 13. The van der Waals surface area contributed by atoms with Crippen LogP contribution in [0.4, 0.5) is 0 Å². The predicted molar refractivity (Wildman–Crippen MR) is 177 cm³/mol. The molecule has 2 heterocycles. The minimum absolute atomic E-state index is 0.177. The van der Waals surface area contributed by atoms with E-state index in [2.05, 4.69) is 4.99 Å². The molecule has 5 rings (SSSR count). The fourth-order valence-electron chi connectivity index (χ4n) is 5.16. The SMILES string of the molecule is CCOC(=O)C1=C(C)N=c2s/c(=C/c3ccc(OCCOc4ccc(OC)cc4)c(OC)c3)c(=O)n2[C@@H]1c1ccc(OC)c(OC)c1. The number of fused-ring (bicyclic) bond motifs is 1. The van der Waals surface area contributed by atoms with E-state index in [9.17, 15) is 9.59 Å². The highest BCUT2D eigenvalue weighted by atomic mass is 32.1. The summed E-state index contributed by atoms with van der Waals surface area (Å²) >= 11 is 1.23. The molecule has 0 radical (unpaired) electrons. The summed E-state index contributed by atoms with van der Waals surface area (Å²) in [5.74, 6) is 2.93. The van der Waals surface area contributed by atoms with Crippen molar-refractivity contribution < 1.29 is 38.0 Å². The van der Waals surface area contributed by atoms with Crippen LogP contribution in [0.5, 0.6) is 34.5 Å². The maximum atomic E-state index is 14.0. The summed E-state index contributed by atoms with van der Waals surface area (Å²) in [7, 11) is 6.24. The summed E-state index contributed by atoms with van der Waals surface area (Å²) in [5, 5.41) is 0. The number of aromatic nitrogens is 1. The molecule has 0 saturated carbocycles. The van der Waals surface area contributed by atoms with Crippen molar-refractivity contribution in [3.05, 3.63) is 103 Å². The minimum Gasteiger partial charge on any atom is -0.497 e. The molecule has 0 amide bonds. The van der Waals surface area contributed by atoms with Crippen molar-refractivity contribution in [1.29, 1.82) is 0 Å². The van der Waals surface area contributed by atoms with Crippen molar-refractivity contribution in [3.8, 4) is 34.5 Å². The van der Waals surface area contributed by atoms with E-state index in [4.69, 9.17) is 33.2 Å². The number of ether oxygens (including phenoxy) is 7. The Morgan fingerprint density at radius 2 is 1.49 bits per heavy atom. The number of nitrogens with zero attached hydrogens (tertiary/aromatic N) is 2. The maximum Gasteiger partial charge on any atom is 0.338 e. The molecule has 1 atom stereocenters. The van der Waals surface area contributed by atoms with Crippen molar-refractivity contribution >= 4 is 23.4 Å². The second-order valence-electron chi connectivity index (χ2n) is 10.2. The number of hydrogen-bond acceptors (Lipinski definition) is 11. The Morgan fingerprint density at radius 3 is 2.17 bits per heavy atom. The van der Waals surface area contributed by atoms with Crippen molar-refractivity contribution in [2.75, 3.05) is 48.3 Å². The Hall–Kier alpha value is -5.23. The van der Waals surface area contributed by atoms with Gasteiger partial charge in [0, 0.05) is 0 Å². The van der Waals surface area contributed by atoms with Gasteiger partial charge >= 0.3 is 5.97 Å². The molecule has 0 bridgehead atoms. The quantitative estimate of drug-likeness (QED) is 0.153. The molecule has 1 aromatic heterocycles. The van der Waals surface area contributed by atoms with Gasteiger partial charge in [0.05, 0.1) is 56.9 Å². The first-order chi connectivity index (χ1) is 22.8. The number of carbonyl (C=O) groups excluding carboxylic acids is 1. The fraction of sp³-hybridized carbons (Fsp3) is 0.286. The van der Waals surface area contributed by atoms with Crippen LogP contribution in [0.25, 0.3) is 6.08 Å². The van der Waals surface area contributed by atoms with Crippen molar-refractivity contribution in [2.24, 2.45) is 4.99 Å². The van der Waals surface area contributed by atoms with E-state index in [1.54, 1.807) is 71.6 Å². The Bertz CT molecular complexity index is 1960. The molecule has 0 N–H and O–H groups in total. The number of hydrogen-bond donors (Lipinski definition) is 0. The van der Waals surface area contributed by atoms with E-state index in [1.165, 1.54) is 23.0 Å². The third-order valence-corrected chi connectivity index (χ3v) is 8.38. The fourth-order valence-corrected chi connectivity index (χ4v) is 6.20. The Labute approximate surface area is 275 Å². The number of esters is 1. The number of benzene rings is 3. The van der Waals surface area contributed by atoms with E-state index >= 15 is 0 Å². The molecule has 4 aromatic rings. The molecule has 1 aliphatic rings. The summed E-state index contributed by atoms with van der Waals surface area (Å²) in [6.45, 7) is 4.26. The molecule has 0 unspecified atom stereocenters. The summed E-state index contributed by atoms with van der Waals surface area (Å²) in [6.07, 6.45) is 1.76. The number of allylic oxidation sites excluding steroid dienone is 1. The average molecular weight is 661 g/mol. The Morgan fingerprint density at radius 1 is 0.830 bits per heavy atom. The van der Waals surface area contributed by atoms with Crippen LogP contribution in [0.2, 0.25) is 0 Å². The molecule has 0 aliphatic carbocycles. The molecule has 3 aromatic carbocycles. The summed E-state index contributed by atoms with van der Waals surface area (Å²) in [6, 6.07) is 17.2. The lowest BCUT2D eigenvalue weighted by molar-refractivity contribution is -0.139. The lowest BCUT2D eigenvalue weighted by Gasteiger charge is -2.25. The Balaban J connectivity index is 1.45. The van der Waals surface area contributed by atoms with Gasteiger partial charge in [0.2, 0.25) is 0 Å². The maximum absolute atomic E-state index is 14.0. The van der Waals surface area contributed by atoms with Crippen LogP contribution < -0.4 is 43.3 Å². The van der Waals surface area contributed by atoms with Crippen LogP contribution in [0.15, 0.2) is 81.7 Å². The van der Waals surface area contributed by atoms with Crippen LogP contribution in [-0.2, 0) is 9.53 Å². The van der Waals surface area contributed by atoms with E-state index in [1.807, 2.05) is 30.3 Å². The van der Waals surface area contributed by atoms with E-state index in [0.717, 1.165) is 11.3 Å². The average Bonchev–Trinajstić information content (AvgIpc) is 3.39. The molecule has 11 nitrogen and oxygen atoms in total.